The highest BCUT2D eigenvalue weighted by Gasteiger charge is 2.29. The number of aliphatic hydroxyl groups excluding tert-OH is 1. The lowest BCUT2D eigenvalue weighted by Crippen LogP contribution is -2.32. The maximum Gasteiger partial charge on any atom is 0.311 e. The van der Waals surface area contributed by atoms with Crippen molar-refractivity contribution in [3.63, 3.8) is 0 Å². The van der Waals surface area contributed by atoms with E-state index in [0.717, 1.165) is 90.3 Å². The van der Waals surface area contributed by atoms with Crippen LogP contribution in [0.5, 0.6) is 0 Å². The summed E-state index contributed by atoms with van der Waals surface area (Å²) in [5.41, 5.74) is -0.213. The third-order valence-corrected chi connectivity index (χ3v) is 11.5. The summed E-state index contributed by atoms with van der Waals surface area (Å²) in [4.78, 5) is 27.6. The quantitative estimate of drug-likeness (QED) is 0.0496. The second kappa shape index (κ2) is 35.3. The molecule has 1 N–H and O–H groups in total. The molecule has 0 heterocycles. The second-order valence-corrected chi connectivity index (χ2v) is 17.9. The van der Waals surface area contributed by atoms with E-state index in [0.29, 0.717) is 25.6 Å². The molecule has 0 bridgehead atoms. The molecule has 0 saturated carbocycles. The number of aliphatic hydroxyl groups is 1. The van der Waals surface area contributed by atoms with Gasteiger partial charge in [0, 0.05) is 13.0 Å². The molecular weight excluding hydrogens is 659 g/mol. The molecular formula is C47H93NO5. The lowest BCUT2D eigenvalue weighted by Gasteiger charge is -2.29. The maximum atomic E-state index is 13.2. The van der Waals surface area contributed by atoms with E-state index >= 15 is 0 Å². The third-order valence-electron chi connectivity index (χ3n) is 11.5. The molecule has 0 unspecified atom stereocenters. The van der Waals surface area contributed by atoms with Gasteiger partial charge in [-0.3, -0.25) is 9.59 Å². The van der Waals surface area contributed by atoms with Gasteiger partial charge in [0.1, 0.15) is 0 Å². The van der Waals surface area contributed by atoms with Crippen LogP contribution in [0.4, 0.5) is 0 Å². The van der Waals surface area contributed by atoms with Crippen molar-refractivity contribution in [1.29, 1.82) is 0 Å². The van der Waals surface area contributed by atoms with Gasteiger partial charge in [0.05, 0.1) is 25.2 Å². The molecule has 0 aromatic heterocycles. The fourth-order valence-corrected chi connectivity index (χ4v) is 7.38. The normalized spacial score (nSPS) is 12.3. The molecule has 6 nitrogen and oxygen atoms in total. The fourth-order valence-electron chi connectivity index (χ4n) is 7.38. The van der Waals surface area contributed by atoms with Gasteiger partial charge in [-0.25, -0.2) is 0 Å². The van der Waals surface area contributed by atoms with E-state index in [4.69, 9.17) is 9.47 Å². The van der Waals surface area contributed by atoms with Crippen molar-refractivity contribution in [3.8, 4) is 0 Å². The van der Waals surface area contributed by atoms with Crippen LogP contribution >= 0.6 is 0 Å². The Balaban J connectivity index is 4.30. The minimum absolute atomic E-state index is 0.0176. The van der Waals surface area contributed by atoms with Crippen LogP contribution in [0.1, 0.15) is 235 Å². The fraction of sp³-hybridized carbons (Fsp3) is 0.957. The lowest BCUT2D eigenvalue weighted by atomic mass is 9.83. The topological polar surface area (TPSA) is 76.1 Å². The van der Waals surface area contributed by atoms with Crippen LogP contribution in [0.2, 0.25) is 0 Å². The Labute approximate surface area is 331 Å². The molecule has 0 saturated heterocycles. The van der Waals surface area contributed by atoms with Crippen LogP contribution in [-0.2, 0) is 19.1 Å². The van der Waals surface area contributed by atoms with E-state index in [2.05, 4.69) is 53.4 Å². The first-order valence-corrected chi connectivity index (χ1v) is 23.2. The van der Waals surface area contributed by atoms with E-state index in [9.17, 15) is 14.7 Å². The average Bonchev–Trinajstić information content (AvgIpc) is 3.12. The van der Waals surface area contributed by atoms with Crippen molar-refractivity contribution in [2.75, 3.05) is 39.5 Å². The van der Waals surface area contributed by atoms with Crippen LogP contribution in [0, 0.1) is 16.7 Å². The number of carbonyl (C=O) groups is 2. The van der Waals surface area contributed by atoms with Crippen molar-refractivity contribution in [2.45, 2.75) is 235 Å². The molecule has 0 amide bonds. The number of hydrogen-bond acceptors (Lipinski definition) is 6. The van der Waals surface area contributed by atoms with Gasteiger partial charge >= 0.3 is 11.9 Å². The Morgan fingerprint density at radius 2 is 1.06 bits per heavy atom. The van der Waals surface area contributed by atoms with Gasteiger partial charge in [0.15, 0.2) is 0 Å². The number of carbonyl (C=O) groups excluding carboxylic acids is 2. The summed E-state index contributed by atoms with van der Waals surface area (Å²) >= 11 is 0. The summed E-state index contributed by atoms with van der Waals surface area (Å²) in [6.45, 7) is 19.6. The minimum Gasteiger partial charge on any atom is -0.466 e. The van der Waals surface area contributed by atoms with Crippen molar-refractivity contribution in [1.82, 2.24) is 4.90 Å². The summed E-state index contributed by atoms with van der Waals surface area (Å²) in [7, 11) is 0. The van der Waals surface area contributed by atoms with Gasteiger partial charge in [-0.2, -0.15) is 0 Å². The predicted octanol–water partition coefficient (Wildman–Crippen LogP) is 13.4. The molecule has 0 atom stereocenters. The standard InChI is InChI=1S/C47H93NO5/c1-8-11-14-17-18-21-26-33-44(50)52-41-30-28-34-46(4,5)36-38-48(39-40-49)37-29-23-22-27-35-47(6,7)45(51)53-42-43(31-24-19-15-12-9-2)32-25-20-16-13-10-3/h43,49H,8-42H2,1-7H3. The molecule has 0 radical (unpaired) electrons. The summed E-state index contributed by atoms with van der Waals surface area (Å²) in [5.74, 6) is 0.455. The third kappa shape index (κ3) is 32.8. The predicted molar refractivity (Wildman–Crippen MR) is 227 cm³/mol. The van der Waals surface area contributed by atoms with Gasteiger partial charge in [-0.05, 0) is 96.1 Å². The lowest BCUT2D eigenvalue weighted by molar-refractivity contribution is -0.156. The number of nitrogens with zero attached hydrogens (tertiary/aromatic N) is 1. The molecule has 0 aromatic rings. The number of esters is 2. The monoisotopic (exact) mass is 752 g/mol. The van der Waals surface area contributed by atoms with Crippen molar-refractivity contribution in [3.05, 3.63) is 0 Å². The second-order valence-electron chi connectivity index (χ2n) is 17.9. The summed E-state index contributed by atoms with van der Waals surface area (Å²) in [5, 5.41) is 9.70. The molecule has 6 heteroatoms. The van der Waals surface area contributed by atoms with Crippen LogP contribution in [0.15, 0.2) is 0 Å². The van der Waals surface area contributed by atoms with Crippen molar-refractivity contribution < 1.29 is 24.2 Å². The summed E-state index contributed by atoms with van der Waals surface area (Å²) in [6.07, 6.45) is 33.9. The van der Waals surface area contributed by atoms with E-state index in [1.165, 1.54) is 109 Å². The average molecular weight is 752 g/mol. The highest BCUT2D eigenvalue weighted by Crippen LogP contribution is 2.29. The van der Waals surface area contributed by atoms with Gasteiger partial charge in [-0.1, -0.05) is 157 Å². The minimum atomic E-state index is -0.434. The zero-order chi connectivity index (χ0) is 39.5. The Kier molecular flexibility index (Phi) is 34.5. The molecule has 0 aliphatic rings. The zero-order valence-corrected chi connectivity index (χ0v) is 36.9. The smallest absolute Gasteiger partial charge is 0.311 e. The van der Waals surface area contributed by atoms with Gasteiger partial charge in [0.2, 0.25) is 0 Å². The van der Waals surface area contributed by atoms with E-state index < -0.39 is 5.41 Å². The molecule has 0 aliphatic carbocycles. The number of unbranched alkanes of at least 4 members (excludes halogenated alkanes) is 18. The SMILES string of the molecule is CCCCCCCCCC(=O)OCCCCC(C)(C)CCN(CCO)CCCCCCC(C)(C)C(=O)OCC(CCCCCCC)CCCCCCC. The van der Waals surface area contributed by atoms with Crippen molar-refractivity contribution in [2.24, 2.45) is 16.7 Å². The molecule has 316 valence electrons. The molecule has 53 heavy (non-hydrogen) atoms. The van der Waals surface area contributed by atoms with Gasteiger partial charge < -0.3 is 19.5 Å². The van der Waals surface area contributed by atoms with Crippen LogP contribution < -0.4 is 0 Å². The zero-order valence-electron chi connectivity index (χ0n) is 36.9. The first-order chi connectivity index (χ1) is 25.5. The molecule has 0 rings (SSSR count). The largest absolute Gasteiger partial charge is 0.466 e. The van der Waals surface area contributed by atoms with Crippen LogP contribution in [0.25, 0.3) is 0 Å². The number of rotatable bonds is 40. The van der Waals surface area contributed by atoms with Crippen LogP contribution in [0.3, 0.4) is 0 Å². The van der Waals surface area contributed by atoms with Crippen LogP contribution in [-0.4, -0.2) is 61.4 Å². The first kappa shape index (κ1) is 51.9. The number of hydrogen-bond donors (Lipinski definition) is 1. The van der Waals surface area contributed by atoms with E-state index in [1.54, 1.807) is 0 Å². The van der Waals surface area contributed by atoms with E-state index in [1.807, 2.05) is 0 Å². The van der Waals surface area contributed by atoms with E-state index in [-0.39, 0.29) is 24.0 Å². The summed E-state index contributed by atoms with van der Waals surface area (Å²) < 4.78 is 11.5. The molecule has 0 aromatic carbocycles. The van der Waals surface area contributed by atoms with Gasteiger partial charge in [0.25, 0.3) is 0 Å². The highest BCUT2D eigenvalue weighted by atomic mass is 16.5. The molecule has 0 spiro atoms. The Hall–Kier alpha value is -1.14. The molecule has 0 aliphatic heterocycles. The maximum absolute atomic E-state index is 13.2. The first-order valence-electron chi connectivity index (χ1n) is 23.2. The Morgan fingerprint density at radius 3 is 1.64 bits per heavy atom. The van der Waals surface area contributed by atoms with Crippen molar-refractivity contribution >= 4 is 11.9 Å². The number of ether oxygens (including phenoxy) is 2. The van der Waals surface area contributed by atoms with Gasteiger partial charge in [-0.15, -0.1) is 0 Å². The Bertz CT molecular complexity index is 814. The Morgan fingerprint density at radius 1 is 0.547 bits per heavy atom. The molecule has 0 fully saturated rings. The summed E-state index contributed by atoms with van der Waals surface area (Å²) in [6, 6.07) is 0. The highest BCUT2D eigenvalue weighted by molar-refractivity contribution is 5.75.